The van der Waals surface area contributed by atoms with E-state index in [9.17, 15) is 0 Å². The molecule has 0 aliphatic carbocycles. The molecule has 0 radical (unpaired) electrons. The van der Waals surface area contributed by atoms with Crippen LogP contribution in [0.1, 0.15) is 50.8 Å². The molecule has 0 saturated heterocycles. The van der Waals surface area contributed by atoms with E-state index in [1.807, 2.05) is 0 Å². The van der Waals surface area contributed by atoms with Gasteiger partial charge in [-0.15, -0.1) is 0 Å². The summed E-state index contributed by atoms with van der Waals surface area (Å²) < 4.78 is 6.17. The second kappa shape index (κ2) is 8.28. The highest BCUT2D eigenvalue weighted by molar-refractivity contribution is 5.24. The van der Waals surface area contributed by atoms with Crippen LogP contribution in [0.2, 0.25) is 0 Å². The van der Waals surface area contributed by atoms with E-state index in [0.29, 0.717) is 6.10 Å². The molecule has 0 aliphatic heterocycles. The lowest BCUT2D eigenvalue weighted by Gasteiger charge is -2.23. The molecule has 0 aromatic heterocycles. The summed E-state index contributed by atoms with van der Waals surface area (Å²) in [5, 5.41) is 3.39. The number of likely N-dealkylation sites (N-methyl/N-ethyl adjacent to an activating group) is 1. The van der Waals surface area contributed by atoms with E-state index < -0.39 is 0 Å². The number of hydrogen-bond donors (Lipinski definition) is 1. The number of rotatable bonds is 8. The van der Waals surface area contributed by atoms with Crippen LogP contribution in [0.25, 0.3) is 0 Å². The van der Waals surface area contributed by atoms with E-state index in [4.69, 9.17) is 4.74 Å². The third kappa shape index (κ3) is 5.19. The van der Waals surface area contributed by atoms with E-state index >= 15 is 0 Å². The molecule has 2 heteroatoms. The summed E-state index contributed by atoms with van der Waals surface area (Å²) in [5.41, 5.74) is 2.57. The lowest BCUT2D eigenvalue weighted by Crippen LogP contribution is -2.25. The summed E-state index contributed by atoms with van der Waals surface area (Å²) >= 11 is 0. The van der Waals surface area contributed by atoms with Crippen molar-refractivity contribution in [1.82, 2.24) is 5.32 Å². The summed E-state index contributed by atoms with van der Waals surface area (Å²) in [7, 11) is 0. The molecule has 1 N–H and O–H groups in total. The Labute approximate surface area is 112 Å². The minimum absolute atomic E-state index is 0.159. The van der Waals surface area contributed by atoms with Crippen molar-refractivity contribution in [3.8, 4) is 0 Å². The Kier molecular flexibility index (Phi) is 6.99. The SMILES string of the molecule is CCCC(C)OC(CNCC)c1cccc(C)c1. The second-order valence-electron chi connectivity index (χ2n) is 4.95. The smallest absolute Gasteiger partial charge is 0.0952 e. The van der Waals surface area contributed by atoms with Gasteiger partial charge in [0.25, 0.3) is 0 Å². The van der Waals surface area contributed by atoms with Crippen LogP contribution in [0.4, 0.5) is 0 Å². The molecule has 0 amide bonds. The van der Waals surface area contributed by atoms with Crippen molar-refractivity contribution in [2.75, 3.05) is 13.1 Å². The average Bonchev–Trinajstić information content (AvgIpc) is 2.34. The van der Waals surface area contributed by atoms with Crippen molar-refractivity contribution >= 4 is 0 Å². The zero-order chi connectivity index (χ0) is 13.4. The van der Waals surface area contributed by atoms with Gasteiger partial charge in [0, 0.05) is 6.54 Å². The summed E-state index contributed by atoms with van der Waals surface area (Å²) in [6, 6.07) is 8.62. The molecule has 0 heterocycles. The maximum atomic E-state index is 6.17. The molecule has 1 rings (SSSR count). The third-order valence-corrected chi connectivity index (χ3v) is 3.09. The van der Waals surface area contributed by atoms with E-state index in [1.165, 1.54) is 17.5 Å². The number of ether oxygens (including phenoxy) is 1. The van der Waals surface area contributed by atoms with Gasteiger partial charge in [0.15, 0.2) is 0 Å². The molecule has 0 saturated carbocycles. The first-order chi connectivity index (χ1) is 8.67. The molecular weight excluding hydrogens is 222 g/mol. The van der Waals surface area contributed by atoms with Gasteiger partial charge in [-0.05, 0) is 32.4 Å². The Balaban J connectivity index is 2.70. The number of aryl methyl sites for hydroxylation is 1. The van der Waals surface area contributed by atoms with Gasteiger partial charge in [-0.3, -0.25) is 0 Å². The molecule has 0 fully saturated rings. The van der Waals surface area contributed by atoms with Crippen LogP contribution in [-0.4, -0.2) is 19.2 Å². The highest BCUT2D eigenvalue weighted by atomic mass is 16.5. The normalized spacial score (nSPS) is 14.4. The molecule has 1 aromatic rings. The average molecular weight is 249 g/mol. The first-order valence-electron chi connectivity index (χ1n) is 7.10. The monoisotopic (exact) mass is 249 g/mol. The summed E-state index contributed by atoms with van der Waals surface area (Å²) in [5.74, 6) is 0. The van der Waals surface area contributed by atoms with Gasteiger partial charge in [-0.25, -0.2) is 0 Å². The molecule has 1 aromatic carbocycles. The maximum absolute atomic E-state index is 6.17. The van der Waals surface area contributed by atoms with Crippen molar-refractivity contribution in [1.29, 1.82) is 0 Å². The lowest BCUT2D eigenvalue weighted by atomic mass is 10.1. The maximum Gasteiger partial charge on any atom is 0.0952 e. The molecule has 2 unspecified atom stereocenters. The van der Waals surface area contributed by atoms with Gasteiger partial charge < -0.3 is 10.1 Å². The molecule has 0 spiro atoms. The van der Waals surface area contributed by atoms with Crippen LogP contribution in [-0.2, 0) is 4.74 Å². The van der Waals surface area contributed by atoms with Crippen LogP contribution in [0, 0.1) is 6.92 Å². The highest BCUT2D eigenvalue weighted by Gasteiger charge is 2.14. The predicted octanol–water partition coefficient (Wildman–Crippen LogP) is 3.85. The van der Waals surface area contributed by atoms with Crippen molar-refractivity contribution < 1.29 is 4.74 Å². The Morgan fingerprint density at radius 2 is 2.06 bits per heavy atom. The van der Waals surface area contributed by atoms with Crippen LogP contribution in [0.15, 0.2) is 24.3 Å². The molecule has 2 atom stereocenters. The first-order valence-corrected chi connectivity index (χ1v) is 7.10. The Hall–Kier alpha value is -0.860. The molecule has 18 heavy (non-hydrogen) atoms. The minimum Gasteiger partial charge on any atom is -0.369 e. The standard InChI is InChI=1S/C16H27NO/c1-5-8-14(4)18-16(12-17-6-2)15-10-7-9-13(3)11-15/h7,9-11,14,16-17H,5-6,8,12H2,1-4H3. The largest absolute Gasteiger partial charge is 0.369 e. The first kappa shape index (κ1) is 15.2. The fourth-order valence-corrected chi connectivity index (χ4v) is 2.15. The zero-order valence-corrected chi connectivity index (χ0v) is 12.2. The van der Waals surface area contributed by atoms with Gasteiger partial charge in [0.2, 0.25) is 0 Å². The van der Waals surface area contributed by atoms with E-state index in [0.717, 1.165) is 19.5 Å². The van der Waals surface area contributed by atoms with Crippen LogP contribution >= 0.6 is 0 Å². The van der Waals surface area contributed by atoms with Crippen molar-refractivity contribution in [2.45, 2.75) is 52.7 Å². The fraction of sp³-hybridized carbons (Fsp3) is 0.625. The molecule has 102 valence electrons. The van der Waals surface area contributed by atoms with Crippen LogP contribution in [0.5, 0.6) is 0 Å². The van der Waals surface area contributed by atoms with Crippen LogP contribution < -0.4 is 5.32 Å². The Morgan fingerprint density at radius 1 is 1.28 bits per heavy atom. The van der Waals surface area contributed by atoms with E-state index in [2.05, 4.69) is 57.3 Å². The topological polar surface area (TPSA) is 21.3 Å². The van der Waals surface area contributed by atoms with Crippen molar-refractivity contribution in [3.05, 3.63) is 35.4 Å². The van der Waals surface area contributed by atoms with Gasteiger partial charge in [-0.1, -0.05) is 50.1 Å². The summed E-state index contributed by atoms with van der Waals surface area (Å²) in [6.45, 7) is 10.5. The van der Waals surface area contributed by atoms with Crippen molar-refractivity contribution in [2.24, 2.45) is 0 Å². The molecule has 0 bridgehead atoms. The number of benzene rings is 1. The number of hydrogen-bond acceptors (Lipinski definition) is 2. The summed E-state index contributed by atoms with van der Waals surface area (Å²) in [6.07, 6.45) is 2.77. The molecule has 2 nitrogen and oxygen atoms in total. The second-order valence-corrected chi connectivity index (χ2v) is 4.95. The Morgan fingerprint density at radius 3 is 2.67 bits per heavy atom. The summed E-state index contributed by atoms with van der Waals surface area (Å²) in [4.78, 5) is 0. The minimum atomic E-state index is 0.159. The van der Waals surface area contributed by atoms with Crippen LogP contribution in [0.3, 0.4) is 0 Å². The predicted molar refractivity (Wildman–Crippen MR) is 77.9 cm³/mol. The Bertz CT molecular complexity index is 338. The third-order valence-electron chi connectivity index (χ3n) is 3.09. The zero-order valence-electron chi connectivity index (χ0n) is 12.2. The van der Waals surface area contributed by atoms with Gasteiger partial charge in [-0.2, -0.15) is 0 Å². The van der Waals surface area contributed by atoms with Gasteiger partial charge in [0.05, 0.1) is 12.2 Å². The number of nitrogens with one attached hydrogen (secondary N) is 1. The van der Waals surface area contributed by atoms with Gasteiger partial charge in [0.1, 0.15) is 0 Å². The van der Waals surface area contributed by atoms with Gasteiger partial charge >= 0.3 is 0 Å². The highest BCUT2D eigenvalue weighted by Crippen LogP contribution is 2.21. The lowest BCUT2D eigenvalue weighted by molar-refractivity contribution is -0.00699. The fourth-order valence-electron chi connectivity index (χ4n) is 2.15. The quantitative estimate of drug-likeness (QED) is 0.755. The van der Waals surface area contributed by atoms with E-state index in [1.54, 1.807) is 0 Å². The molecule has 0 aliphatic rings. The van der Waals surface area contributed by atoms with Crippen molar-refractivity contribution in [3.63, 3.8) is 0 Å². The van der Waals surface area contributed by atoms with E-state index in [-0.39, 0.29) is 6.10 Å². The molecular formula is C16H27NO.